The van der Waals surface area contributed by atoms with Crippen molar-refractivity contribution in [3.8, 4) is 5.75 Å². The lowest BCUT2D eigenvalue weighted by Crippen LogP contribution is -2.32. The minimum Gasteiger partial charge on any atom is -0.479 e. The summed E-state index contributed by atoms with van der Waals surface area (Å²) >= 11 is 0. The first kappa shape index (κ1) is 16.5. The van der Waals surface area contributed by atoms with Crippen LogP contribution in [-0.4, -0.2) is 24.6 Å². The first-order valence-corrected chi connectivity index (χ1v) is 7.34. The second kappa shape index (κ2) is 8.58. The van der Waals surface area contributed by atoms with Crippen molar-refractivity contribution in [2.24, 2.45) is 0 Å². The normalized spacial score (nSPS) is 11.3. The third kappa shape index (κ3) is 5.82. The Morgan fingerprint density at radius 2 is 1.61 bits per heavy atom. The van der Waals surface area contributed by atoms with E-state index >= 15 is 0 Å². The van der Waals surface area contributed by atoms with Crippen molar-refractivity contribution in [1.29, 1.82) is 0 Å². The molecule has 2 aromatic carbocycles. The van der Waals surface area contributed by atoms with Crippen LogP contribution in [0, 0.1) is 0 Å². The van der Waals surface area contributed by atoms with Gasteiger partial charge in [-0.25, -0.2) is 4.79 Å². The Balaban J connectivity index is 1.70. The summed E-state index contributed by atoms with van der Waals surface area (Å²) < 4.78 is 10.4. The second-order valence-electron chi connectivity index (χ2n) is 4.94. The molecule has 0 aliphatic carbocycles. The fraction of sp³-hybridized carbons (Fsp3) is 0.222. The number of benzene rings is 2. The summed E-state index contributed by atoms with van der Waals surface area (Å²) in [6, 6.07) is 18.5. The lowest BCUT2D eigenvalue weighted by molar-refractivity contribution is -0.154. The molecule has 23 heavy (non-hydrogen) atoms. The van der Waals surface area contributed by atoms with E-state index in [1.54, 1.807) is 19.1 Å². The van der Waals surface area contributed by atoms with E-state index in [4.69, 9.17) is 9.47 Å². The molecular weight excluding hydrogens is 294 g/mol. The first-order valence-electron chi connectivity index (χ1n) is 7.34. The van der Waals surface area contributed by atoms with Crippen LogP contribution in [0.2, 0.25) is 0 Å². The predicted molar refractivity (Wildman–Crippen MR) is 85.8 cm³/mol. The maximum Gasteiger partial charge on any atom is 0.347 e. The van der Waals surface area contributed by atoms with Crippen LogP contribution in [0.4, 0.5) is 0 Å². The van der Waals surface area contributed by atoms with Crippen molar-refractivity contribution in [2.45, 2.75) is 19.6 Å². The number of para-hydroxylation sites is 1. The Bertz CT molecular complexity index is 628. The van der Waals surface area contributed by atoms with Crippen LogP contribution >= 0.6 is 0 Å². The molecule has 0 radical (unpaired) electrons. The van der Waals surface area contributed by atoms with Crippen LogP contribution < -0.4 is 10.1 Å². The molecule has 5 heteroatoms. The van der Waals surface area contributed by atoms with Gasteiger partial charge in [0, 0.05) is 6.54 Å². The van der Waals surface area contributed by atoms with E-state index in [0.29, 0.717) is 12.3 Å². The smallest absolute Gasteiger partial charge is 0.347 e. The molecule has 0 spiro atoms. The van der Waals surface area contributed by atoms with Gasteiger partial charge in [0.25, 0.3) is 5.91 Å². The Morgan fingerprint density at radius 3 is 2.26 bits per heavy atom. The van der Waals surface area contributed by atoms with Gasteiger partial charge in [-0.05, 0) is 24.6 Å². The lowest BCUT2D eigenvalue weighted by atomic mass is 10.2. The number of rotatable bonds is 7. The number of esters is 1. The average Bonchev–Trinajstić information content (AvgIpc) is 2.59. The van der Waals surface area contributed by atoms with Crippen LogP contribution in [0.1, 0.15) is 12.5 Å². The number of carbonyl (C=O) groups is 2. The highest BCUT2D eigenvalue weighted by atomic mass is 16.6. The van der Waals surface area contributed by atoms with E-state index in [0.717, 1.165) is 5.56 Å². The molecule has 1 N–H and O–H groups in total. The fourth-order valence-corrected chi connectivity index (χ4v) is 1.85. The highest BCUT2D eigenvalue weighted by Gasteiger charge is 2.17. The van der Waals surface area contributed by atoms with Gasteiger partial charge in [0.15, 0.2) is 12.7 Å². The topological polar surface area (TPSA) is 64.6 Å². The minimum absolute atomic E-state index is 0.325. The summed E-state index contributed by atoms with van der Waals surface area (Å²) in [4.78, 5) is 23.5. The number of ether oxygens (including phenoxy) is 2. The van der Waals surface area contributed by atoms with Crippen molar-refractivity contribution < 1.29 is 19.1 Å². The number of carbonyl (C=O) groups excluding carboxylic acids is 2. The highest BCUT2D eigenvalue weighted by Crippen LogP contribution is 2.11. The molecule has 0 saturated heterocycles. The monoisotopic (exact) mass is 313 g/mol. The molecule has 120 valence electrons. The van der Waals surface area contributed by atoms with E-state index in [2.05, 4.69) is 5.32 Å². The summed E-state index contributed by atoms with van der Waals surface area (Å²) in [6.07, 6.45) is -0.778. The maximum absolute atomic E-state index is 11.8. The number of hydrogen-bond donors (Lipinski definition) is 1. The number of nitrogens with one attached hydrogen (secondary N) is 1. The van der Waals surface area contributed by atoms with Gasteiger partial charge in [-0.2, -0.15) is 0 Å². The molecule has 2 rings (SSSR count). The van der Waals surface area contributed by atoms with Crippen LogP contribution in [-0.2, 0) is 20.9 Å². The molecule has 0 fully saturated rings. The third-order valence-corrected chi connectivity index (χ3v) is 3.07. The molecule has 0 heterocycles. The molecule has 1 amide bonds. The summed E-state index contributed by atoms with van der Waals surface area (Å²) in [5.41, 5.74) is 0.980. The van der Waals surface area contributed by atoms with E-state index in [-0.39, 0.29) is 12.5 Å². The molecule has 5 nitrogen and oxygen atoms in total. The van der Waals surface area contributed by atoms with Gasteiger partial charge in [0.1, 0.15) is 5.75 Å². The van der Waals surface area contributed by atoms with Gasteiger partial charge in [0.2, 0.25) is 0 Å². The fourth-order valence-electron chi connectivity index (χ4n) is 1.85. The van der Waals surface area contributed by atoms with E-state index in [9.17, 15) is 9.59 Å². The molecule has 0 bridgehead atoms. The highest BCUT2D eigenvalue weighted by molar-refractivity contribution is 5.81. The zero-order valence-corrected chi connectivity index (χ0v) is 12.9. The summed E-state index contributed by atoms with van der Waals surface area (Å²) in [7, 11) is 0. The molecule has 1 atom stereocenters. The molecule has 0 saturated carbocycles. The summed E-state index contributed by atoms with van der Waals surface area (Å²) in [5.74, 6) is -0.358. The Morgan fingerprint density at radius 1 is 1.00 bits per heavy atom. The molecule has 0 aliphatic heterocycles. The van der Waals surface area contributed by atoms with Crippen LogP contribution in [0.3, 0.4) is 0 Å². The lowest BCUT2D eigenvalue weighted by Gasteiger charge is -2.13. The van der Waals surface area contributed by atoms with Gasteiger partial charge in [-0.1, -0.05) is 48.5 Å². The number of hydrogen-bond acceptors (Lipinski definition) is 4. The standard InChI is InChI=1S/C18H19NO4/c1-14(23-16-10-6-3-7-11-16)18(21)22-13-17(20)19-12-15-8-4-2-5-9-15/h2-11,14H,12-13H2,1H3,(H,19,20)/t14-/m1/s1. The number of amides is 1. The molecule has 0 unspecified atom stereocenters. The summed E-state index contributed by atoms with van der Waals surface area (Å²) in [6.45, 7) is 1.65. The van der Waals surface area contributed by atoms with Gasteiger partial charge in [0.05, 0.1) is 0 Å². The zero-order valence-electron chi connectivity index (χ0n) is 12.9. The SMILES string of the molecule is C[C@@H](Oc1ccccc1)C(=O)OCC(=O)NCc1ccccc1. The largest absolute Gasteiger partial charge is 0.479 e. The minimum atomic E-state index is -0.778. The second-order valence-corrected chi connectivity index (χ2v) is 4.94. The molecular formula is C18H19NO4. The van der Waals surface area contributed by atoms with Crippen molar-refractivity contribution in [2.75, 3.05) is 6.61 Å². The van der Waals surface area contributed by atoms with Crippen molar-refractivity contribution >= 4 is 11.9 Å². The average molecular weight is 313 g/mol. The van der Waals surface area contributed by atoms with Crippen molar-refractivity contribution in [3.63, 3.8) is 0 Å². The molecule has 0 aliphatic rings. The summed E-state index contributed by atoms with van der Waals surface area (Å²) in [5, 5.41) is 2.69. The maximum atomic E-state index is 11.8. The van der Waals surface area contributed by atoms with Gasteiger partial charge >= 0.3 is 5.97 Å². The van der Waals surface area contributed by atoms with Crippen LogP contribution in [0.25, 0.3) is 0 Å². The van der Waals surface area contributed by atoms with Gasteiger partial charge < -0.3 is 14.8 Å². The quantitative estimate of drug-likeness (QED) is 0.797. The Kier molecular flexibility index (Phi) is 6.17. The predicted octanol–water partition coefficient (Wildman–Crippen LogP) is 2.31. The van der Waals surface area contributed by atoms with Crippen molar-refractivity contribution in [3.05, 3.63) is 66.2 Å². The molecule has 2 aromatic rings. The van der Waals surface area contributed by atoms with Gasteiger partial charge in [-0.15, -0.1) is 0 Å². The zero-order chi connectivity index (χ0) is 16.5. The Hall–Kier alpha value is -2.82. The van der Waals surface area contributed by atoms with Gasteiger partial charge in [-0.3, -0.25) is 4.79 Å². The third-order valence-electron chi connectivity index (χ3n) is 3.07. The van der Waals surface area contributed by atoms with E-state index < -0.39 is 12.1 Å². The van der Waals surface area contributed by atoms with Crippen LogP contribution in [0.5, 0.6) is 5.75 Å². The molecule has 0 aromatic heterocycles. The van der Waals surface area contributed by atoms with E-state index in [1.165, 1.54) is 0 Å². The first-order chi connectivity index (χ1) is 11.1. The van der Waals surface area contributed by atoms with Crippen LogP contribution in [0.15, 0.2) is 60.7 Å². The van der Waals surface area contributed by atoms with Crippen molar-refractivity contribution in [1.82, 2.24) is 5.32 Å². The Labute approximate surface area is 135 Å². The van der Waals surface area contributed by atoms with E-state index in [1.807, 2.05) is 48.5 Å².